The van der Waals surface area contributed by atoms with Gasteiger partial charge in [0, 0.05) is 16.8 Å². The van der Waals surface area contributed by atoms with Crippen molar-refractivity contribution in [2.75, 3.05) is 0 Å². The number of hydrogen-bond acceptors (Lipinski definition) is 5. The Bertz CT molecular complexity index is 1590. The molecule has 5 nitrogen and oxygen atoms in total. The molecule has 0 saturated carbocycles. The van der Waals surface area contributed by atoms with E-state index in [1.165, 1.54) is 0 Å². The maximum absolute atomic E-state index is 10.6. The average molecular weight is 548 g/mol. The summed E-state index contributed by atoms with van der Waals surface area (Å²) < 4.78 is 6.41. The fourth-order valence-electron chi connectivity index (χ4n) is 3.81. The van der Waals surface area contributed by atoms with E-state index in [9.17, 15) is 10.2 Å². The highest BCUT2D eigenvalue weighted by Gasteiger charge is 2.14. The lowest BCUT2D eigenvalue weighted by Crippen LogP contribution is -1.93. The summed E-state index contributed by atoms with van der Waals surface area (Å²) in [4.78, 5) is 9.04. The standard InChI is InChI=1S/C28H20BrClN2O3/c1-16-6-9-26-24(10-16)32-28(35-26)21-14-20(7-8-25(21)33)31-15-19-12-17(13-22(29)27(19)34)11-18-4-2-3-5-23(18)30/h2-10,12-15,33-34H,11H2,1H3. The Morgan fingerprint density at radius 3 is 2.69 bits per heavy atom. The second-order valence-corrected chi connectivity index (χ2v) is 9.50. The van der Waals surface area contributed by atoms with Crippen molar-refractivity contribution in [1.29, 1.82) is 0 Å². The molecule has 2 N–H and O–H groups in total. The van der Waals surface area contributed by atoms with Crippen LogP contribution in [0.4, 0.5) is 5.69 Å². The minimum absolute atomic E-state index is 0.0413. The lowest BCUT2D eigenvalue weighted by molar-refractivity contribution is 0.470. The van der Waals surface area contributed by atoms with Gasteiger partial charge in [-0.3, -0.25) is 4.99 Å². The number of aryl methyl sites for hydroxylation is 1. The maximum Gasteiger partial charge on any atom is 0.231 e. The van der Waals surface area contributed by atoms with Crippen molar-refractivity contribution in [3.63, 3.8) is 0 Å². The van der Waals surface area contributed by atoms with Crippen LogP contribution in [0.15, 0.2) is 86.7 Å². The number of phenolic OH excluding ortho intramolecular Hbond substituents is 2. The third-order valence-corrected chi connectivity index (χ3v) is 6.58. The lowest BCUT2D eigenvalue weighted by Gasteiger charge is -2.09. The predicted octanol–water partition coefficient (Wildman–Crippen LogP) is 7.97. The molecule has 0 saturated heterocycles. The Labute approximate surface area is 215 Å². The molecule has 174 valence electrons. The Morgan fingerprint density at radius 2 is 1.86 bits per heavy atom. The first-order valence-electron chi connectivity index (χ1n) is 10.9. The van der Waals surface area contributed by atoms with Crippen molar-refractivity contribution in [3.8, 4) is 23.0 Å². The quantitative estimate of drug-likeness (QED) is 0.219. The molecule has 0 fully saturated rings. The molecule has 7 heteroatoms. The number of oxazole rings is 1. The number of aliphatic imine (C=N–C) groups is 1. The van der Waals surface area contributed by atoms with E-state index in [2.05, 4.69) is 25.9 Å². The van der Waals surface area contributed by atoms with Gasteiger partial charge in [-0.05, 0) is 94.5 Å². The molecule has 0 aliphatic carbocycles. The van der Waals surface area contributed by atoms with Gasteiger partial charge in [0.2, 0.25) is 5.89 Å². The molecule has 1 aromatic heterocycles. The smallest absolute Gasteiger partial charge is 0.231 e. The molecule has 0 unspecified atom stereocenters. The van der Waals surface area contributed by atoms with Crippen LogP contribution < -0.4 is 0 Å². The van der Waals surface area contributed by atoms with Gasteiger partial charge in [0.05, 0.1) is 15.7 Å². The van der Waals surface area contributed by atoms with Gasteiger partial charge >= 0.3 is 0 Å². The van der Waals surface area contributed by atoms with Crippen molar-refractivity contribution in [1.82, 2.24) is 4.98 Å². The highest BCUT2D eigenvalue weighted by atomic mass is 79.9. The molecule has 0 radical (unpaired) electrons. The van der Waals surface area contributed by atoms with E-state index in [0.717, 1.165) is 22.2 Å². The third-order valence-electron chi connectivity index (χ3n) is 5.61. The Balaban J connectivity index is 1.46. The van der Waals surface area contributed by atoms with Crippen molar-refractivity contribution in [3.05, 3.63) is 105 Å². The molecule has 1 heterocycles. The molecule has 0 bridgehead atoms. The summed E-state index contributed by atoms with van der Waals surface area (Å²) in [7, 11) is 0. The highest BCUT2D eigenvalue weighted by Crippen LogP contribution is 2.35. The minimum Gasteiger partial charge on any atom is -0.507 e. The Hall–Kier alpha value is -3.61. The van der Waals surface area contributed by atoms with E-state index in [0.29, 0.717) is 44.2 Å². The number of rotatable bonds is 5. The minimum atomic E-state index is 0.0413. The second kappa shape index (κ2) is 9.56. The number of aromatic nitrogens is 1. The number of aromatic hydroxyl groups is 2. The topological polar surface area (TPSA) is 78.9 Å². The molecule has 5 rings (SSSR count). The molecular weight excluding hydrogens is 528 g/mol. The zero-order chi connectivity index (χ0) is 24.5. The van der Waals surface area contributed by atoms with Crippen LogP contribution in [0.5, 0.6) is 11.5 Å². The largest absolute Gasteiger partial charge is 0.507 e. The summed E-state index contributed by atoms with van der Waals surface area (Å²) in [6.07, 6.45) is 2.20. The summed E-state index contributed by atoms with van der Waals surface area (Å²) in [6.45, 7) is 1.98. The Morgan fingerprint density at radius 1 is 1.03 bits per heavy atom. The summed E-state index contributed by atoms with van der Waals surface area (Å²) in [5, 5.41) is 21.7. The number of nitrogens with zero attached hydrogens (tertiary/aromatic N) is 2. The van der Waals surface area contributed by atoms with Crippen LogP contribution in [0.3, 0.4) is 0 Å². The van der Waals surface area contributed by atoms with Crippen LogP contribution in [0.1, 0.15) is 22.3 Å². The molecule has 0 atom stereocenters. The molecule has 4 aromatic carbocycles. The van der Waals surface area contributed by atoms with E-state index in [1.807, 2.05) is 61.5 Å². The first-order valence-corrected chi connectivity index (χ1v) is 12.0. The lowest BCUT2D eigenvalue weighted by atomic mass is 10.0. The fourth-order valence-corrected chi connectivity index (χ4v) is 4.54. The zero-order valence-corrected chi connectivity index (χ0v) is 21.0. The molecule has 0 aliphatic heterocycles. The van der Waals surface area contributed by atoms with Gasteiger partial charge in [0.15, 0.2) is 5.58 Å². The predicted molar refractivity (Wildman–Crippen MR) is 143 cm³/mol. The van der Waals surface area contributed by atoms with E-state index in [1.54, 1.807) is 24.4 Å². The number of halogens is 2. The van der Waals surface area contributed by atoms with Gasteiger partial charge in [-0.15, -0.1) is 0 Å². The van der Waals surface area contributed by atoms with Crippen LogP contribution in [0.2, 0.25) is 5.02 Å². The van der Waals surface area contributed by atoms with Crippen LogP contribution in [-0.2, 0) is 6.42 Å². The van der Waals surface area contributed by atoms with Crippen molar-refractivity contribution >= 4 is 50.5 Å². The van der Waals surface area contributed by atoms with Gasteiger partial charge in [-0.1, -0.05) is 35.9 Å². The van der Waals surface area contributed by atoms with Crippen LogP contribution in [0, 0.1) is 6.92 Å². The molecule has 0 amide bonds. The molecular formula is C28H20BrClN2O3. The highest BCUT2D eigenvalue weighted by molar-refractivity contribution is 9.10. The van der Waals surface area contributed by atoms with E-state index in [4.69, 9.17) is 16.0 Å². The molecule has 0 spiro atoms. The number of phenols is 2. The van der Waals surface area contributed by atoms with E-state index >= 15 is 0 Å². The van der Waals surface area contributed by atoms with Crippen molar-refractivity contribution in [2.45, 2.75) is 13.3 Å². The summed E-state index contributed by atoms with van der Waals surface area (Å²) in [5.74, 6) is 0.442. The fraction of sp³-hybridized carbons (Fsp3) is 0.0714. The first-order chi connectivity index (χ1) is 16.9. The normalized spacial score (nSPS) is 11.5. The first kappa shape index (κ1) is 23.1. The van der Waals surface area contributed by atoms with Crippen LogP contribution in [-0.4, -0.2) is 21.4 Å². The van der Waals surface area contributed by atoms with Gasteiger partial charge in [-0.2, -0.15) is 0 Å². The van der Waals surface area contributed by atoms with Crippen LogP contribution in [0.25, 0.3) is 22.6 Å². The van der Waals surface area contributed by atoms with Gasteiger partial charge < -0.3 is 14.6 Å². The molecule has 35 heavy (non-hydrogen) atoms. The summed E-state index contributed by atoms with van der Waals surface area (Å²) in [5.41, 5.74) is 5.96. The summed E-state index contributed by atoms with van der Waals surface area (Å²) >= 11 is 9.75. The maximum atomic E-state index is 10.6. The number of fused-ring (bicyclic) bond motifs is 1. The average Bonchev–Trinajstić information content (AvgIpc) is 3.25. The van der Waals surface area contributed by atoms with Crippen molar-refractivity contribution < 1.29 is 14.6 Å². The van der Waals surface area contributed by atoms with Gasteiger partial charge in [-0.25, -0.2) is 4.98 Å². The Kier molecular flexibility index (Phi) is 6.32. The van der Waals surface area contributed by atoms with Gasteiger partial charge in [0.1, 0.15) is 17.0 Å². The SMILES string of the molecule is Cc1ccc2oc(-c3cc(N=Cc4cc(Cc5ccccc5Cl)cc(Br)c4O)ccc3O)nc2c1. The summed E-state index contributed by atoms with van der Waals surface area (Å²) in [6, 6.07) is 22.1. The third kappa shape index (κ3) is 4.94. The number of hydrogen-bond donors (Lipinski definition) is 2. The second-order valence-electron chi connectivity index (χ2n) is 8.23. The number of benzene rings is 4. The van der Waals surface area contributed by atoms with E-state index in [-0.39, 0.29) is 11.5 Å². The van der Waals surface area contributed by atoms with E-state index < -0.39 is 0 Å². The van der Waals surface area contributed by atoms with Gasteiger partial charge in [0.25, 0.3) is 0 Å². The van der Waals surface area contributed by atoms with Crippen molar-refractivity contribution in [2.24, 2.45) is 4.99 Å². The molecule has 0 aliphatic rings. The van der Waals surface area contributed by atoms with Crippen LogP contribution >= 0.6 is 27.5 Å². The monoisotopic (exact) mass is 546 g/mol. The molecule has 5 aromatic rings. The zero-order valence-electron chi connectivity index (χ0n) is 18.7.